The molecule has 0 radical (unpaired) electrons. The van der Waals surface area contributed by atoms with Crippen LogP contribution >= 0.6 is 12.4 Å². The Labute approximate surface area is 152 Å². The molecule has 2 aromatic rings. The van der Waals surface area contributed by atoms with Gasteiger partial charge in [-0.3, -0.25) is 14.7 Å². The number of benzene rings is 1. The second-order valence-corrected chi connectivity index (χ2v) is 5.75. The lowest BCUT2D eigenvalue weighted by molar-refractivity contribution is 0.0952. The molecule has 0 saturated heterocycles. The molecule has 2 amide bonds. The van der Waals surface area contributed by atoms with Gasteiger partial charge in [0, 0.05) is 48.6 Å². The summed E-state index contributed by atoms with van der Waals surface area (Å²) in [6.07, 6.45) is 1.71. The maximum atomic E-state index is 12.5. The van der Waals surface area contributed by atoms with E-state index < -0.39 is 0 Å². The Hall–Kier alpha value is -2.38. The van der Waals surface area contributed by atoms with Crippen molar-refractivity contribution in [3.8, 4) is 0 Å². The van der Waals surface area contributed by atoms with E-state index in [4.69, 9.17) is 0 Å². The van der Waals surface area contributed by atoms with Gasteiger partial charge >= 0.3 is 0 Å². The van der Waals surface area contributed by atoms with Gasteiger partial charge in [0.15, 0.2) is 5.69 Å². The minimum Gasteiger partial charge on any atom is -0.352 e. The number of anilines is 1. The van der Waals surface area contributed by atoms with Crippen LogP contribution in [0.25, 0.3) is 0 Å². The Balaban J connectivity index is 0.00000225. The summed E-state index contributed by atoms with van der Waals surface area (Å²) in [5, 5.41) is 15.9. The van der Waals surface area contributed by atoms with Crippen LogP contribution in [-0.4, -0.2) is 35.1 Å². The minimum absolute atomic E-state index is 0. The number of rotatable bonds is 5. The first-order valence-electron chi connectivity index (χ1n) is 8.15. The van der Waals surface area contributed by atoms with Crippen molar-refractivity contribution in [2.24, 2.45) is 0 Å². The first-order valence-corrected chi connectivity index (χ1v) is 8.15. The van der Waals surface area contributed by atoms with Crippen molar-refractivity contribution in [1.29, 1.82) is 0 Å². The Kier molecular flexibility index (Phi) is 6.55. The number of aromatic amines is 1. The number of halogens is 1. The number of carbonyl (C=O) groups excluding carboxylic acids is 2. The highest BCUT2D eigenvalue weighted by Crippen LogP contribution is 2.17. The van der Waals surface area contributed by atoms with Crippen molar-refractivity contribution in [1.82, 2.24) is 20.8 Å². The molecule has 4 N–H and O–H groups in total. The number of amides is 2. The molecule has 0 spiro atoms. The molecule has 25 heavy (non-hydrogen) atoms. The summed E-state index contributed by atoms with van der Waals surface area (Å²) in [7, 11) is 0. The van der Waals surface area contributed by atoms with Gasteiger partial charge in [0.05, 0.1) is 0 Å². The summed E-state index contributed by atoms with van der Waals surface area (Å²) in [6, 6.07) is 6.89. The molecule has 0 bridgehead atoms. The van der Waals surface area contributed by atoms with Crippen LogP contribution in [0.4, 0.5) is 5.69 Å². The topological polar surface area (TPSA) is 98.9 Å². The number of H-pyrrole nitrogens is 1. The number of fused-ring (bicyclic) bond motifs is 1. The summed E-state index contributed by atoms with van der Waals surface area (Å²) < 4.78 is 0. The Bertz CT molecular complexity index is 759. The van der Waals surface area contributed by atoms with Crippen molar-refractivity contribution in [2.45, 2.75) is 26.3 Å². The summed E-state index contributed by atoms with van der Waals surface area (Å²) in [6.45, 7) is 4.14. The fraction of sp³-hybridized carbons (Fsp3) is 0.353. The van der Waals surface area contributed by atoms with Crippen LogP contribution in [0.15, 0.2) is 24.3 Å². The van der Waals surface area contributed by atoms with Crippen molar-refractivity contribution in [3.05, 3.63) is 46.8 Å². The Morgan fingerprint density at radius 1 is 1.28 bits per heavy atom. The molecule has 7 nitrogen and oxygen atoms in total. The number of carbonyl (C=O) groups is 2. The van der Waals surface area contributed by atoms with Gasteiger partial charge in [-0.15, -0.1) is 12.4 Å². The molecular formula is C17H22ClN5O2. The lowest BCUT2D eigenvalue weighted by Gasteiger charge is -2.13. The molecule has 8 heteroatoms. The van der Waals surface area contributed by atoms with Crippen LogP contribution in [0.2, 0.25) is 0 Å². The number of hydrogen-bond donors (Lipinski definition) is 4. The lowest BCUT2D eigenvalue weighted by atomic mass is 10.1. The van der Waals surface area contributed by atoms with Crippen molar-refractivity contribution < 1.29 is 9.59 Å². The van der Waals surface area contributed by atoms with Gasteiger partial charge in [-0.2, -0.15) is 5.10 Å². The van der Waals surface area contributed by atoms with E-state index in [0.29, 0.717) is 30.0 Å². The fourth-order valence-electron chi connectivity index (χ4n) is 2.68. The zero-order chi connectivity index (χ0) is 16.9. The fourth-order valence-corrected chi connectivity index (χ4v) is 2.68. The average Bonchev–Trinajstić information content (AvgIpc) is 3.04. The van der Waals surface area contributed by atoms with Crippen molar-refractivity contribution in [3.63, 3.8) is 0 Å². The van der Waals surface area contributed by atoms with E-state index in [1.807, 2.05) is 6.92 Å². The normalized spacial score (nSPS) is 12.7. The largest absolute Gasteiger partial charge is 0.352 e. The molecule has 0 atom stereocenters. The van der Waals surface area contributed by atoms with E-state index in [9.17, 15) is 9.59 Å². The van der Waals surface area contributed by atoms with Crippen LogP contribution in [0.1, 0.15) is 45.4 Å². The molecule has 3 rings (SSSR count). The van der Waals surface area contributed by atoms with E-state index >= 15 is 0 Å². The van der Waals surface area contributed by atoms with Crippen LogP contribution in [0.5, 0.6) is 0 Å². The molecule has 0 fully saturated rings. The smallest absolute Gasteiger partial charge is 0.276 e. The Morgan fingerprint density at radius 2 is 2.12 bits per heavy atom. The maximum absolute atomic E-state index is 12.5. The van der Waals surface area contributed by atoms with Crippen LogP contribution in [0, 0.1) is 0 Å². The molecule has 0 unspecified atom stereocenters. The predicted octanol–water partition coefficient (Wildman–Crippen LogP) is 1.87. The average molecular weight is 364 g/mol. The number of nitrogens with zero attached hydrogens (tertiary/aromatic N) is 1. The summed E-state index contributed by atoms with van der Waals surface area (Å²) >= 11 is 0. The van der Waals surface area contributed by atoms with Gasteiger partial charge in [-0.05, 0) is 24.6 Å². The molecule has 2 heterocycles. The maximum Gasteiger partial charge on any atom is 0.276 e. The summed E-state index contributed by atoms with van der Waals surface area (Å²) in [5.41, 5.74) is 3.41. The second-order valence-electron chi connectivity index (χ2n) is 5.75. The molecule has 1 aromatic carbocycles. The first-order chi connectivity index (χ1) is 11.7. The van der Waals surface area contributed by atoms with E-state index in [-0.39, 0.29) is 24.2 Å². The molecule has 1 aliphatic heterocycles. The number of nitrogens with one attached hydrogen (secondary N) is 4. The second kappa shape index (κ2) is 8.64. The monoisotopic (exact) mass is 363 g/mol. The van der Waals surface area contributed by atoms with Crippen LogP contribution in [-0.2, 0) is 13.0 Å². The molecule has 134 valence electrons. The third-order valence-corrected chi connectivity index (χ3v) is 3.94. The van der Waals surface area contributed by atoms with Gasteiger partial charge < -0.3 is 16.0 Å². The van der Waals surface area contributed by atoms with E-state index in [2.05, 4.69) is 26.1 Å². The van der Waals surface area contributed by atoms with Crippen LogP contribution < -0.4 is 16.0 Å². The molecular weight excluding hydrogens is 342 g/mol. The first kappa shape index (κ1) is 19.0. The molecule has 1 aliphatic rings. The van der Waals surface area contributed by atoms with Crippen molar-refractivity contribution in [2.75, 3.05) is 18.4 Å². The highest BCUT2D eigenvalue weighted by Gasteiger charge is 2.21. The standard InChI is InChI=1S/C17H21N5O2.ClH/c1-2-7-19-16(23)11-4-3-5-12(9-11)20-17(24)15-13-10-18-8-6-14(13)21-22-15;/h3-5,9,18H,2,6-8,10H2,1H3,(H,19,23)(H,20,24)(H,21,22);1H. The number of hydrogen-bond acceptors (Lipinski definition) is 4. The Morgan fingerprint density at radius 3 is 2.92 bits per heavy atom. The predicted molar refractivity (Wildman–Crippen MR) is 98.3 cm³/mol. The number of aromatic nitrogens is 2. The van der Waals surface area contributed by atoms with Gasteiger partial charge in [0.2, 0.25) is 0 Å². The summed E-state index contributed by atoms with van der Waals surface area (Å²) in [5.74, 6) is -0.420. The lowest BCUT2D eigenvalue weighted by Crippen LogP contribution is -2.25. The highest BCUT2D eigenvalue weighted by atomic mass is 35.5. The molecule has 0 saturated carbocycles. The van der Waals surface area contributed by atoms with Gasteiger partial charge in [0.1, 0.15) is 0 Å². The van der Waals surface area contributed by atoms with Crippen LogP contribution in [0.3, 0.4) is 0 Å². The van der Waals surface area contributed by atoms with Gasteiger partial charge in [-0.1, -0.05) is 13.0 Å². The zero-order valence-electron chi connectivity index (χ0n) is 14.0. The van der Waals surface area contributed by atoms with Crippen molar-refractivity contribution >= 4 is 29.9 Å². The molecule has 0 aliphatic carbocycles. The zero-order valence-corrected chi connectivity index (χ0v) is 14.8. The van der Waals surface area contributed by atoms with E-state index in [1.165, 1.54) is 0 Å². The SMILES string of the molecule is CCCNC(=O)c1cccc(NC(=O)c2n[nH]c3c2CNCC3)c1.Cl. The third-order valence-electron chi connectivity index (χ3n) is 3.94. The van der Waals surface area contributed by atoms with Gasteiger partial charge in [0.25, 0.3) is 11.8 Å². The summed E-state index contributed by atoms with van der Waals surface area (Å²) in [4.78, 5) is 24.5. The van der Waals surface area contributed by atoms with E-state index in [1.54, 1.807) is 24.3 Å². The van der Waals surface area contributed by atoms with Gasteiger partial charge in [-0.25, -0.2) is 0 Å². The third kappa shape index (κ3) is 4.37. The molecule has 1 aromatic heterocycles. The minimum atomic E-state index is -0.276. The highest BCUT2D eigenvalue weighted by molar-refractivity contribution is 6.05. The van der Waals surface area contributed by atoms with E-state index in [0.717, 1.165) is 30.6 Å². The quantitative estimate of drug-likeness (QED) is 0.651.